The second-order valence-corrected chi connectivity index (χ2v) is 5.66. The third-order valence-corrected chi connectivity index (χ3v) is 4.75. The van der Waals surface area contributed by atoms with Gasteiger partial charge in [0, 0.05) is 32.9 Å². The van der Waals surface area contributed by atoms with Crippen LogP contribution in [0.2, 0.25) is 0 Å². The highest BCUT2D eigenvalue weighted by molar-refractivity contribution is 7.80. The standard InChI is InChI=1S/C12H23NO2S/c14-8-11-1-4-13(7-11)9-12(10-16)2-5-15-6-3-12/h11,14,16H,1-10H2. The normalized spacial score (nSPS) is 30.8. The van der Waals surface area contributed by atoms with E-state index < -0.39 is 0 Å². The van der Waals surface area contributed by atoms with E-state index in [0.717, 1.165) is 57.9 Å². The van der Waals surface area contributed by atoms with Crippen LogP contribution in [0, 0.1) is 11.3 Å². The Labute approximate surface area is 104 Å². The van der Waals surface area contributed by atoms with Crippen molar-refractivity contribution in [3.63, 3.8) is 0 Å². The van der Waals surface area contributed by atoms with Crippen LogP contribution in [0.5, 0.6) is 0 Å². The topological polar surface area (TPSA) is 32.7 Å². The number of likely N-dealkylation sites (tertiary alicyclic amines) is 1. The van der Waals surface area contributed by atoms with Crippen LogP contribution in [0.3, 0.4) is 0 Å². The molecule has 0 aromatic carbocycles. The summed E-state index contributed by atoms with van der Waals surface area (Å²) >= 11 is 4.54. The lowest BCUT2D eigenvalue weighted by Crippen LogP contribution is -2.42. The molecule has 2 heterocycles. The first-order valence-electron chi connectivity index (χ1n) is 6.30. The van der Waals surface area contributed by atoms with Crippen molar-refractivity contribution in [2.24, 2.45) is 11.3 Å². The number of aliphatic hydroxyl groups excluding tert-OH is 1. The number of nitrogens with zero attached hydrogens (tertiary/aromatic N) is 1. The molecule has 2 aliphatic rings. The maximum absolute atomic E-state index is 9.15. The molecule has 0 saturated carbocycles. The maximum Gasteiger partial charge on any atom is 0.0472 e. The maximum atomic E-state index is 9.15. The van der Waals surface area contributed by atoms with Gasteiger partial charge in [-0.3, -0.25) is 0 Å². The van der Waals surface area contributed by atoms with Crippen LogP contribution < -0.4 is 0 Å². The predicted octanol–water partition coefficient (Wildman–Crippen LogP) is 1.03. The third kappa shape index (κ3) is 2.92. The van der Waals surface area contributed by atoms with Gasteiger partial charge >= 0.3 is 0 Å². The summed E-state index contributed by atoms with van der Waals surface area (Å²) < 4.78 is 5.44. The first-order chi connectivity index (χ1) is 7.78. The summed E-state index contributed by atoms with van der Waals surface area (Å²) in [6.07, 6.45) is 3.42. The molecule has 0 aromatic rings. The highest BCUT2D eigenvalue weighted by atomic mass is 32.1. The minimum Gasteiger partial charge on any atom is -0.396 e. The molecule has 94 valence electrons. The highest BCUT2D eigenvalue weighted by Crippen LogP contribution is 2.34. The van der Waals surface area contributed by atoms with Crippen LogP contribution in [0.25, 0.3) is 0 Å². The van der Waals surface area contributed by atoms with E-state index in [9.17, 15) is 0 Å². The van der Waals surface area contributed by atoms with Crippen molar-refractivity contribution in [2.45, 2.75) is 19.3 Å². The second-order valence-electron chi connectivity index (χ2n) is 5.34. The molecule has 0 radical (unpaired) electrons. The van der Waals surface area contributed by atoms with Gasteiger partial charge in [0.05, 0.1) is 0 Å². The fourth-order valence-corrected chi connectivity index (χ4v) is 3.27. The van der Waals surface area contributed by atoms with Crippen LogP contribution in [-0.4, -0.2) is 55.2 Å². The van der Waals surface area contributed by atoms with E-state index in [1.54, 1.807) is 0 Å². The third-order valence-electron chi connectivity index (χ3n) is 4.08. The molecule has 1 atom stereocenters. The van der Waals surface area contributed by atoms with E-state index in [0.29, 0.717) is 17.9 Å². The van der Waals surface area contributed by atoms with Crippen molar-refractivity contribution in [2.75, 3.05) is 45.2 Å². The van der Waals surface area contributed by atoms with Crippen molar-refractivity contribution in [3.8, 4) is 0 Å². The van der Waals surface area contributed by atoms with Crippen molar-refractivity contribution in [1.82, 2.24) is 4.90 Å². The van der Waals surface area contributed by atoms with Crippen molar-refractivity contribution in [3.05, 3.63) is 0 Å². The average molecular weight is 245 g/mol. The number of ether oxygens (including phenoxy) is 1. The van der Waals surface area contributed by atoms with Gasteiger partial charge in [-0.15, -0.1) is 0 Å². The number of aliphatic hydroxyl groups is 1. The number of hydrogen-bond donors (Lipinski definition) is 2. The van der Waals surface area contributed by atoms with Gasteiger partial charge in [-0.05, 0) is 42.9 Å². The lowest BCUT2D eigenvalue weighted by molar-refractivity contribution is 0.0104. The molecular formula is C12H23NO2S. The molecule has 3 nitrogen and oxygen atoms in total. The van der Waals surface area contributed by atoms with Crippen LogP contribution in [0.15, 0.2) is 0 Å². The quantitative estimate of drug-likeness (QED) is 0.726. The van der Waals surface area contributed by atoms with E-state index in [2.05, 4.69) is 17.5 Å². The van der Waals surface area contributed by atoms with E-state index in [4.69, 9.17) is 9.84 Å². The zero-order valence-corrected chi connectivity index (χ0v) is 10.8. The number of hydrogen-bond acceptors (Lipinski definition) is 4. The first-order valence-corrected chi connectivity index (χ1v) is 6.93. The molecule has 1 unspecified atom stereocenters. The highest BCUT2D eigenvalue weighted by Gasteiger charge is 2.35. The van der Waals surface area contributed by atoms with Crippen LogP contribution in [0.4, 0.5) is 0 Å². The van der Waals surface area contributed by atoms with E-state index in [1.165, 1.54) is 0 Å². The molecule has 0 aromatic heterocycles. The summed E-state index contributed by atoms with van der Waals surface area (Å²) in [5.74, 6) is 1.45. The van der Waals surface area contributed by atoms with Gasteiger partial charge in [-0.2, -0.15) is 12.6 Å². The Bertz CT molecular complexity index is 219. The molecule has 1 N–H and O–H groups in total. The number of thiol groups is 1. The van der Waals surface area contributed by atoms with Crippen molar-refractivity contribution in [1.29, 1.82) is 0 Å². The first kappa shape index (κ1) is 12.7. The molecule has 0 aliphatic carbocycles. The molecule has 2 rings (SSSR count). The molecule has 2 fully saturated rings. The van der Waals surface area contributed by atoms with Gasteiger partial charge < -0.3 is 14.7 Å². The lowest BCUT2D eigenvalue weighted by Gasteiger charge is -2.39. The Kier molecular flexibility index (Phi) is 4.53. The summed E-state index contributed by atoms with van der Waals surface area (Å²) in [4.78, 5) is 2.50. The Morgan fingerprint density at radius 2 is 2.12 bits per heavy atom. The van der Waals surface area contributed by atoms with Crippen LogP contribution >= 0.6 is 12.6 Å². The molecule has 4 heteroatoms. The van der Waals surface area contributed by atoms with Gasteiger partial charge in [0.1, 0.15) is 0 Å². The van der Waals surface area contributed by atoms with Gasteiger partial charge in [-0.25, -0.2) is 0 Å². The minimum atomic E-state index is 0.341. The predicted molar refractivity (Wildman–Crippen MR) is 68.0 cm³/mol. The second kappa shape index (κ2) is 5.71. The largest absolute Gasteiger partial charge is 0.396 e. The summed E-state index contributed by atoms with van der Waals surface area (Å²) in [6, 6.07) is 0. The molecule has 0 bridgehead atoms. The molecule has 16 heavy (non-hydrogen) atoms. The summed E-state index contributed by atoms with van der Waals surface area (Å²) in [5, 5.41) is 9.15. The van der Waals surface area contributed by atoms with E-state index in [1.807, 2.05) is 0 Å². The zero-order chi connectivity index (χ0) is 11.4. The van der Waals surface area contributed by atoms with Crippen LogP contribution in [0.1, 0.15) is 19.3 Å². The average Bonchev–Trinajstić information content (AvgIpc) is 2.78. The monoisotopic (exact) mass is 245 g/mol. The minimum absolute atomic E-state index is 0.341. The molecule has 0 spiro atoms. The molecule has 2 saturated heterocycles. The smallest absolute Gasteiger partial charge is 0.0472 e. The fraction of sp³-hybridized carbons (Fsp3) is 1.00. The Balaban J connectivity index is 1.86. The van der Waals surface area contributed by atoms with Gasteiger partial charge in [0.15, 0.2) is 0 Å². The van der Waals surface area contributed by atoms with Crippen molar-refractivity contribution >= 4 is 12.6 Å². The van der Waals surface area contributed by atoms with E-state index in [-0.39, 0.29) is 0 Å². The fourth-order valence-electron chi connectivity index (χ4n) is 2.85. The summed E-state index contributed by atoms with van der Waals surface area (Å²) in [7, 11) is 0. The summed E-state index contributed by atoms with van der Waals surface area (Å²) in [6.45, 7) is 5.45. The van der Waals surface area contributed by atoms with E-state index >= 15 is 0 Å². The Morgan fingerprint density at radius 3 is 2.69 bits per heavy atom. The van der Waals surface area contributed by atoms with Gasteiger partial charge in [-0.1, -0.05) is 0 Å². The molecular weight excluding hydrogens is 222 g/mol. The van der Waals surface area contributed by atoms with Gasteiger partial charge in [0.2, 0.25) is 0 Å². The summed E-state index contributed by atoms with van der Waals surface area (Å²) in [5.41, 5.74) is 0.353. The SMILES string of the molecule is OCC1CCN(CC2(CS)CCOCC2)C1. The van der Waals surface area contributed by atoms with Crippen molar-refractivity contribution < 1.29 is 9.84 Å². The molecule has 2 aliphatic heterocycles. The molecule has 0 amide bonds. The van der Waals surface area contributed by atoms with Crippen LogP contribution in [-0.2, 0) is 4.74 Å². The Morgan fingerprint density at radius 1 is 1.38 bits per heavy atom. The van der Waals surface area contributed by atoms with Gasteiger partial charge in [0.25, 0.3) is 0 Å². The zero-order valence-electron chi connectivity index (χ0n) is 9.90. The number of rotatable bonds is 4. The lowest BCUT2D eigenvalue weighted by atomic mass is 9.81. The Hall–Kier alpha value is 0.230.